The fraction of sp³-hybridized carbons (Fsp3) is 0.960. The number of rotatable bonds is 4. The predicted molar refractivity (Wildman–Crippen MR) is 121 cm³/mol. The van der Waals surface area contributed by atoms with Crippen molar-refractivity contribution in [3.63, 3.8) is 0 Å². The number of ketones is 1. The molecule has 0 saturated carbocycles. The molecule has 0 aromatic carbocycles. The summed E-state index contributed by atoms with van der Waals surface area (Å²) in [5.74, 6) is -4.04. The van der Waals surface area contributed by atoms with Crippen molar-refractivity contribution in [1.29, 1.82) is 0 Å². The minimum atomic E-state index is -1.24. The first-order valence-corrected chi connectivity index (χ1v) is 13.0. The largest absolute Gasteiger partial charge is 0.390 e. The van der Waals surface area contributed by atoms with Crippen LogP contribution in [0.2, 0.25) is 0 Å². The van der Waals surface area contributed by atoms with E-state index in [-0.39, 0.29) is 12.2 Å². The van der Waals surface area contributed by atoms with Crippen LogP contribution in [0.25, 0.3) is 0 Å². The molecule has 6 saturated heterocycles. The third-order valence-corrected chi connectivity index (χ3v) is 7.45. The summed E-state index contributed by atoms with van der Waals surface area (Å²) in [6.07, 6.45) is -8.63. The van der Waals surface area contributed by atoms with Gasteiger partial charge in [0.1, 0.15) is 48.8 Å². The van der Waals surface area contributed by atoms with E-state index < -0.39 is 90.7 Å². The summed E-state index contributed by atoms with van der Waals surface area (Å²) in [5.41, 5.74) is 0. The molecule has 0 radical (unpaired) electrons. The van der Waals surface area contributed by atoms with E-state index in [4.69, 9.17) is 47.4 Å². The zero-order valence-electron chi connectivity index (χ0n) is 22.5. The molecule has 6 aliphatic heterocycles. The van der Waals surface area contributed by atoms with E-state index in [2.05, 4.69) is 0 Å². The second kappa shape index (κ2) is 8.37. The van der Waals surface area contributed by atoms with Crippen molar-refractivity contribution in [2.24, 2.45) is 0 Å². The lowest BCUT2D eigenvalue weighted by atomic mass is 9.90. The number of aliphatic hydroxyl groups is 1. The van der Waals surface area contributed by atoms with Crippen LogP contribution in [0.1, 0.15) is 61.8 Å². The van der Waals surface area contributed by atoms with Gasteiger partial charge in [0.25, 0.3) is 0 Å². The quantitative estimate of drug-likeness (QED) is 0.559. The van der Waals surface area contributed by atoms with Gasteiger partial charge in [-0.1, -0.05) is 0 Å². The molecule has 210 valence electrons. The molecule has 0 spiro atoms. The van der Waals surface area contributed by atoms with E-state index in [1.165, 1.54) is 0 Å². The monoisotopic (exact) mass is 530 g/mol. The summed E-state index contributed by atoms with van der Waals surface area (Å²) in [5, 5.41) is 11.3. The molecule has 12 nitrogen and oxygen atoms in total. The predicted octanol–water partition coefficient (Wildman–Crippen LogP) is 1.10. The number of ether oxygens (including phenoxy) is 10. The summed E-state index contributed by atoms with van der Waals surface area (Å²) in [6, 6.07) is 0. The summed E-state index contributed by atoms with van der Waals surface area (Å²) in [6.45, 7) is 14.2. The van der Waals surface area contributed by atoms with Crippen molar-refractivity contribution in [2.45, 2.75) is 152 Å². The molecule has 0 aliphatic carbocycles. The maximum Gasteiger partial charge on any atom is 0.190 e. The number of carbonyl (C=O) groups is 1. The second-order valence-corrected chi connectivity index (χ2v) is 12.5. The highest BCUT2D eigenvalue weighted by Gasteiger charge is 2.64. The lowest BCUT2D eigenvalue weighted by Crippen LogP contribution is -2.60. The van der Waals surface area contributed by atoms with Crippen LogP contribution >= 0.6 is 0 Å². The maximum atomic E-state index is 13.6. The molecule has 6 rings (SSSR count). The van der Waals surface area contributed by atoms with E-state index in [1.807, 2.05) is 0 Å². The van der Waals surface area contributed by atoms with Crippen LogP contribution in [-0.4, -0.2) is 102 Å². The smallest absolute Gasteiger partial charge is 0.190 e. The van der Waals surface area contributed by atoms with Crippen molar-refractivity contribution in [3.8, 4) is 0 Å². The SMILES string of the molecule is CC1(C)O[C@@H]2[C@H](O1)[C@H]1OC(C)(C)O[C@H]1O[C@@H]2[C@H](O)CC(=O)[C@H]1O[C@@H]2OC(C)(C)O[C@@H]2[C@H]2OC(C)(C)O[C@H]21. The second-order valence-electron chi connectivity index (χ2n) is 12.5. The molecular formula is C25H38O12. The van der Waals surface area contributed by atoms with Gasteiger partial charge in [0.2, 0.25) is 0 Å². The highest BCUT2D eigenvalue weighted by molar-refractivity contribution is 5.84. The molecule has 0 unspecified atom stereocenters. The van der Waals surface area contributed by atoms with Crippen LogP contribution in [0, 0.1) is 0 Å². The molecule has 0 aromatic rings. The van der Waals surface area contributed by atoms with Crippen LogP contribution in [0.5, 0.6) is 0 Å². The Hall–Kier alpha value is -0.770. The molecule has 6 fully saturated rings. The van der Waals surface area contributed by atoms with E-state index in [0.29, 0.717) is 0 Å². The molecular weight excluding hydrogens is 492 g/mol. The molecule has 0 amide bonds. The third kappa shape index (κ3) is 4.67. The summed E-state index contributed by atoms with van der Waals surface area (Å²) in [7, 11) is 0. The minimum absolute atomic E-state index is 0.279. The first kappa shape index (κ1) is 26.5. The number of carbonyl (C=O) groups excluding carboxylic acids is 1. The Morgan fingerprint density at radius 2 is 1.00 bits per heavy atom. The van der Waals surface area contributed by atoms with E-state index in [0.717, 1.165) is 0 Å². The zero-order chi connectivity index (χ0) is 26.7. The first-order chi connectivity index (χ1) is 17.0. The Labute approximate surface area is 216 Å². The normalized spacial score (nSPS) is 49.1. The van der Waals surface area contributed by atoms with Gasteiger partial charge >= 0.3 is 0 Å². The van der Waals surface area contributed by atoms with E-state index in [1.54, 1.807) is 55.4 Å². The zero-order valence-corrected chi connectivity index (χ0v) is 22.5. The number of hydrogen-bond donors (Lipinski definition) is 1. The summed E-state index contributed by atoms with van der Waals surface area (Å²) >= 11 is 0. The van der Waals surface area contributed by atoms with Gasteiger partial charge in [0.05, 0.1) is 6.10 Å². The molecule has 11 atom stereocenters. The fourth-order valence-corrected chi connectivity index (χ4v) is 6.26. The molecule has 12 heteroatoms. The van der Waals surface area contributed by atoms with Crippen LogP contribution in [0.4, 0.5) is 0 Å². The van der Waals surface area contributed by atoms with E-state index in [9.17, 15) is 9.90 Å². The van der Waals surface area contributed by atoms with Gasteiger partial charge in [-0.2, -0.15) is 0 Å². The van der Waals surface area contributed by atoms with Crippen molar-refractivity contribution in [2.75, 3.05) is 0 Å². The molecule has 6 heterocycles. The number of fused-ring (bicyclic) bond motifs is 6. The number of Topliss-reactive ketones (excluding diaryl/α,β-unsaturated/α-hetero) is 1. The first-order valence-electron chi connectivity index (χ1n) is 13.0. The summed E-state index contributed by atoms with van der Waals surface area (Å²) in [4.78, 5) is 13.6. The Morgan fingerprint density at radius 1 is 0.595 bits per heavy atom. The maximum absolute atomic E-state index is 13.6. The molecule has 37 heavy (non-hydrogen) atoms. The number of hydrogen-bond acceptors (Lipinski definition) is 12. The molecule has 6 aliphatic rings. The standard InChI is InChI=1S/C25H38O12/c1-22(2)30-14-12(28-20-18(16(14)32-22)34-24(5,6)36-20)10(26)9-11(27)13-15-17(33-23(3,4)31-15)19-21(29-13)37-25(7,8)35-19/h10,12-21,26H,9H2,1-8H3/t10-,12-,13-,14+,15+,16+,17+,18-,19-,20-,21-/m1/s1. The lowest BCUT2D eigenvalue weighted by molar-refractivity contribution is -0.254. The van der Waals surface area contributed by atoms with Gasteiger partial charge in [-0.05, 0) is 55.4 Å². The average molecular weight is 531 g/mol. The Morgan fingerprint density at radius 3 is 1.57 bits per heavy atom. The van der Waals surface area contributed by atoms with Crippen molar-refractivity contribution in [3.05, 3.63) is 0 Å². The highest BCUT2D eigenvalue weighted by Crippen LogP contribution is 2.47. The molecule has 0 bridgehead atoms. The van der Waals surface area contributed by atoms with Gasteiger partial charge in [-0.25, -0.2) is 0 Å². The van der Waals surface area contributed by atoms with Gasteiger partial charge in [0, 0.05) is 6.42 Å². The fourth-order valence-electron chi connectivity index (χ4n) is 6.26. The highest BCUT2D eigenvalue weighted by atomic mass is 16.9. The van der Waals surface area contributed by atoms with Crippen molar-refractivity contribution < 1.29 is 57.3 Å². The van der Waals surface area contributed by atoms with Crippen LogP contribution < -0.4 is 0 Å². The Kier molecular flexibility index (Phi) is 5.98. The molecule has 1 N–H and O–H groups in total. The van der Waals surface area contributed by atoms with Gasteiger partial charge in [0.15, 0.2) is 41.5 Å². The van der Waals surface area contributed by atoms with Crippen LogP contribution in [0.3, 0.4) is 0 Å². The number of aliphatic hydroxyl groups excluding tert-OH is 1. The average Bonchev–Trinajstić information content (AvgIpc) is 3.43. The minimum Gasteiger partial charge on any atom is -0.390 e. The van der Waals surface area contributed by atoms with Crippen molar-refractivity contribution in [1.82, 2.24) is 0 Å². The van der Waals surface area contributed by atoms with Gasteiger partial charge in [-0.15, -0.1) is 0 Å². The summed E-state index contributed by atoms with van der Waals surface area (Å²) < 4.78 is 60.4. The molecule has 0 aromatic heterocycles. The van der Waals surface area contributed by atoms with Gasteiger partial charge < -0.3 is 52.5 Å². The third-order valence-electron chi connectivity index (χ3n) is 7.45. The van der Waals surface area contributed by atoms with Crippen LogP contribution in [-0.2, 0) is 52.2 Å². The van der Waals surface area contributed by atoms with Gasteiger partial charge in [-0.3, -0.25) is 4.79 Å². The van der Waals surface area contributed by atoms with Crippen LogP contribution in [0.15, 0.2) is 0 Å². The van der Waals surface area contributed by atoms with Crippen molar-refractivity contribution >= 4 is 5.78 Å². The Bertz CT molecular complexity index is 933. The Balaban J connectivity index is 1.20. The topological polar surface area (TPSA) is 130 Å². The lowest BCUT2D eigenvalue weighted by Gasteiger charge is -2.40. The van der Waals surface area contributed by atoms with E-state index >= 15 is 0 Å².